The number of nitrogens with zero attached hydrogens (tertiary/aromatic N) is 2. The van der Waals surface area contributed by atoms with Crippen molar-refractivity contribution < 1.29 is 14.1 Å². The lowest BCUT2D eigenvalue weighted by Crippen LogP contribution is -2.31. The van der Waals surface area contributed by atoms with Crippen molar-refractivity contribution in [2.24, 2.45) is 0 Å². The second-order valence-corrected chi connectivity index (χ2v) is 4.48. The van der Waals surface area contributed by atoms with Crippen LogP contribution < -0.4 is 5.32 Å². The Morgan fingerprint density at radius 2 is 2.20 bits per heavy atom. The van der Waals surface area contributed by atoms with Gasteiger partial charge in [0.2, 0.25) is 5.82 Å². The lowest BCUT2D eigenvalue weighted by Gasteiger charge is -2.16. The highest BCUT2D eigenvalue weighted by atomic mass is 19.1. The van der Waals surface area contributed by atoms with Crippen molar-refractivity contribution in [2.75, 3.05) is 40.4 Å². The van der Waals surface area contributed by atoms with E-state index in [1.54, 1.807) is 13.2 Å². The topological polar surface area (TPSA) is 67.6 Å². The highest BCUT2D eigenvalue weighted by Crippen LogP contribution is 2.19. The van der Waals surface area contributed by atoms with Crippen LogP contribution in [0.1, 0.15) is 5.56 Å². The maximum atomic E-state index is 13.8. The fourth-order valence-electron chi connectivity index (χ4n) is 1.70. The monoisotopic (exact) mass is 285 g/mol. The third kappa shape index (κ3) is 5.20. The Labute approximate surface area is 117 Å². The number of nitro benzene ring substituents is 1. The summed E-state index contributed by atoms with van der Waals surface area (Å²) >= 11 is 0. The van der Waals surface area contributed by atoms with Gasteiger partial charge in [0.05, 0.1) is 11.5 Å². The molecule has 0 heterocycles. The van der Waals surface area contributed by atoms with Crippen LogP contribution in [-0.4, -0.2) is 50.2 Å². The molecule has 1 aromatic rings. The van der Waals surface area contributed by atoms with Crippen LogP contribution in [0.15, 0.2) is 18.2 Å². The molecule has 0 saturated carbocycles. The molecule has 0 amide bonds. The Morgan fingerprint density at radius 1 is 1.45 bits per heavy atom. The standard InChI is InChI=1S/C13H20FN3O3/c1-16(8-9-20-2)7-6-15-10-11-4-3-5-12(13(11)14)17(18)19/h3-5,15H,6-10H2,1-2H3. The summed E-state index contributed by atoms with van der Waals surface area (Å²) in [5, 5.41) is 13.7. The lowest BCUT2D eigenvalue weighted by atomic mass is 10.2. The predicted octanol–water partition coefficient (Wildman–Crippen LogP) is 1.40. The number of hydrogen-bond acceptors (Lipinski definition) is 5. The quantitative estimate of drug-likeness (QED) is 0.422. The van der Waals surface area contributed by atoms with Gasteiger partial charge in [0.15, 0.2) is 0 Å². The molecule has 20 heavy (non-hydrogen) atoms. The van der Waals surface area contributed by atoms with Crippen LogP contribution in [0, 0.1) is 15.9 Å². The molecule has 1 aromatic carbocycles. The van der Waals surface area contributed by atoms with Crippen LogP contribution in [0.5, 0.6) is 0 Å². The number of methoxy groups -OCH3 is 1. The molecule has 0 spiro atoms. The normalized spacial score (nSPS) is 11.0. The van der Waals surface area contributed by atoms with Gasteiger partial charge in [-0.3, -0.25) is 10.1 Å². The highest BCUT2D eigenvalue weighted by molar-refractivity contribution is 5.36. The Kier molecular flexibility index (Phi) is 7.06. The summed E-state index contributed by atoms with van der Waals surface area (Å²) in [4.78, 5) is 12.0. The summed E-state index contributed by atoms with van der Waals surface area (Å²) in [6, 6.07) is 4.20. The minimum absolute atomic E-state index is 0.269. The molecule has 0 radical (unpaired) electrons. The van der Waals surface area contributed by atoms with Crippen molar-refractivity contribution in [1.29, 1.82) is 0 Å². The number of halogens is 1. The summed E-state index contributed by atoms with van der Waals surface area (Å²) in [6.45, 7) is 3.22. The van der Waals surface area contributed by atoms with E-state index in [0.29, 0.717) is 18.7 Å². The average molecular weight is 285 g/mol. The van der Waals surface area contributed by atoms with E-state index in [1.807, 2.05) is 7.05 Å². The van der Waals surface area contributed by atoms with Gasteiger partial charge < -0.3 is 15.0 Å². The summed E-state index contributed by atoms with van der Waals surface area (Å²) < 4.78 is 18.7. The van der Waals surface area contributed by atoms with Crippen molar-refractivity contribution in [3.63, 3.8) is 0 Å². The SMILES string of the molecule is COCCN(C)CCNCc1cccc([N+](=O)[O-])c1F. The van der Waals surface area contributed by atoms with E-state index in [0.717, 1.165) is 19.2 Å². The molecule has 112 valence electrons. The summed E-state index contributed by atoms with van der Waals surface area (Å²) in [5.41, 5.74) is -0.180. The lowest BCUT2D eigenvalue weighted by molar-refractivity contribution is -0.387. The van der Waals surface area contributed by atoms with E-state index in [9.17, 15) is 14.5 Å². The van der Waals surface area contributed by atoms with E-state index in [-0.39, 0.29) is 6.54 Å². The first-order valence-corrected chi connectivity index (χ1v) is 6.36. The van der Waals surface area contributed by atoms with Crippen LogP contribution in [0.2, 0.25) is 0 Å². The molecule has 0 aliphatic heterocycles. The molecule has 6 nitrogen and oxygen atoms in total. The molecule has 0 bridgehead atoms. The van der Waals surface area contributed by atoms with Crippen LogP contribution in [0.25, 0.3) is 0 Å². The highest BCUT2D eigenvalue weighted by Gasteiger charge is 2.16. The number of likely N-dealkylation sites (N-methyl/N-ethyl adjacent to an activating group) is 1. The maximum absolute atomic E-state index is 13.8. The Hall–Kier alpha value is -1.57. The fourth-order valence-corrected chi connectivity index (χ4v) is 1.70. The van der Waals surface area contributed by atoms with Crippen molar-refractivity contribution in [3.05, 3.63) is 39.7 Å². The second-order valence-electron chi connectivity index (χ2n) is 4.48. The van der Waals surface area contributed by atoms with Crippen LogP contribution in [0.3, 0.4) is 0 Å². The number of hydrogen-bond donors (Lipinski definition) is 1. The van der Waals surface area contributed by atoms with E-state index in [4.69, 9.17) is 4.74 Å². The Morgan fingerprint density at radius 3 is 2.85 bits per heavy atom. The zero-order chi connectivity index (χ0) is 15.0. The third-order valence-electron chi connectivity index (χ3n) is 2.92. The van der Waals surface area contributed by atoms with Crippen LogP contribution in [-0.2, 0) is 11.3 Å². The molecule has 0 aliphatic rings. The van der Waals surface area contributed by atoms with Gasteiger partial charge in [-0.1, -0.05) is 12.1 Å². The molecule has 7 heteroatoms. The molecule has 1 N–H and O–H groups in total. The molecule has 0 aromatic heterocycles. The average Bonchev–Trinajstić information content (AvgIpc) is 2.42. The van der Waals surface area contributed by atoms with Crippen molar-refractivity contribution in [1.82, 2.24) is 10.2 Å². The van der Waals surface area contributed by atoms with E-state index >= 15 is 0 Å². The van der Waals surface area contributed by atoms with Gasteiger partial charge in [-0.2, -0.15) is 4.39 Å². The molecular weight excluding hydrogens is 265 g/mol. The van der Waals surface area contributed by atoms with E-state index in [1.165, 1.54) is 6.07 Å². The first-order chi connectivity index (χ1) is 9.56. The minimum atomic E-state index is -0.766. The molecule has 0 saturated heterocycles. The van der Waals surface area contributed by atoms with Crippen molar-refractivity contribution in [2.45, 2.75) is 6.54 Å². The fraction of sp³-hybridized carbons (Fsp3) is 0.538. The third-order valence-corrected chi connectivity index (χ3v) is 2.92. The van der Waals surface area contributed by atoms with E-state index < -0.39 is 16.4 Å². The molecule has 0 aliphatic carbocycles. The van der Waals surface area contributed by atoms with E-state index in [2.05, 4.69) is 10.2 Å². The van der Waals surface area contributed by atoms with Gasteiger partial charge in [-0.25, -0.2) is 0 Å². The first-order valence-electron chi connectivity index (χ1n) is 6.36. The smallest absolute Gasteiger partial charge is 0.305 e. The van der Waals surface area contributed by atoms with Crippen molar-refractivity contribution in [3.8, 4) is 0 Å². The van der Waals surface area contributed by atoms with Gasteiger partial charge >= 0.3 is 5.69 Å². The number of rotatable bonds is 9. The number of nitrogens with one attached hydrogen (secondary N) is 1. The van der Waals surface area contributed by atoms with Gasteiger partial charge in [-0.05, 0) is 7.05 Å². The summed E-state index contributed by atoms with van der Waals surface area (Å²) in [6.07, 6.45) is 0. The molecule has 0 atom stereocenters. The molecule has 0 unspecified atom stereocenters. The van der Waals surface area contributed by atoms with Gasteiger partial charge in [-0.15, -0.1) is 0 Å². The predicted molar refractivity (Wildman–Crippen MR) is 74.1 cm³/mol. The van der Waals surface area contributed by atoms with Gasteiger partial charge in [0.1, 0.15) is 0 Å². The zero-order valence-corrected chi connectivity index (χ0v) is 11.8. The van der Waals surface area contributed by atoms with Crippen LogP contribution in [0.4, 0.5) is 10.1 Å². The van der Waals surface area contributed by atoms with Gasteiger partial charge in [0, 0.05) is 44.9 Å². The largest absolute Gasteiger partial charge is 0.383 e. The van der Waals surface area contributed by atoms with Crippen molar-refractivity contribution >= 4 is 5.69 Å². The first kappa shape index (κ1) is 16.5. The number of nitro groups is 1. The second kappa shape index (κ2) is 8.57. The summed E-state index contributed by atoms with van der Waals surface area (Å²) in [5.74, 6) is -0.766. The number of benzene rings is 1. The van der Waals surface area contributed by atoms with Gasteiger partial charge in [0.25, 0.3) is 0 Å². The molecule has 0 fully saturated rings. The summed E-state index contributed by atoms with van der Waals surface area (Å²) in [7, 11) is 3.62. The molecular formula is C13H20FN3O3. The Balaban J connectivity index is 2.39. The Bertz CT molecular complexity index is 443. The zero-order valence-electron chi connectivity index (χ0n) is 11.8. The maximum Gasteiger partial charge on any atom is 0.305 e. The van der Waals surface area contributed by atoms with Crippen LogP contribution >= 0.6 is 0 Å². The number of ether oxygens (including phenoxy) is 1. The minimum Gasteiger partial charge on any atom is -0.383 e. The molecule has 1 rings (SSSR count).